The third-order valence-electron chi connectivity index (χ3n) is 3.11. The number of nitrogens with two attached hydrogens (primary N) is 1. The molecule has 0 aliphatic carbocycles. The highest BCUT2D eigenvalue weighted by molar-refractivity contribution is 5.81. The lowest BCUT2D eigenvalue weighted by Crippen LogP contribution is -2.11. The SMILES string of the molecule is Cc1cccc2cc(C(N)c3cn(C)cn3)oc12. The Labute approximate surface area is 105 Å². The molecule has 18 heavy (non-hydrogen) atoms. The largest absolute Gasteiger partial charge is 0.459 e. The third kappa shape index (κ3) is 1.71. The predicted octanol–water partition coefficient (Wildman–Crippen LogP) is 2.52. The summed E-state index contributed by atoms with van der Waals surface area (Å²) in [5, 5.41) is 1.08. The maximum Gasteiger partial charge on any atom is 0.137 e. The van der Waals surface area contributed by atoms with E-state index in [1.54, 1.807) is 6.33 Å². The molecule has 2 aromatic heterocycles. The van der Waals surface area contributed by atoms with E-state index in [9.17, 15) is 0 Å². The zero-order valence-electron chi connectivity index (χ0n) is 10.4. The van der Waals surface area contributed by atoms with Crippen LogP contribution in [0.1, 0.15) is 23.1 Å². The second-order valence-corrected chi connectivity index (χ2v) is 4.58. The molecular weight excluding hydrogens is 226 g/mol. The van der Waals surface area contributed by atoms with E-state index in [0.717, 1.165) is 28.0 Å². The lowest BCUT2D eigenvalue weighted by molar-refractivity contribution is 0.520. The predicted molar refractivity (Wildman–Crippen MR) is 70.2 cm³/mol. The molecule has 0 amide bonds. The fraction of sp³-hybridized carbons (Fsp3) is 0.214. The Morgan fingerprint density at radius 1 is 1.39 bits per heavy atom. The zero-order valence-corrected chi connectivity index (χ0v) is 10.4. The summed E-state index contributed by atoms with van der Waals surface area (Å²) in [4.78, 5) is 4.26. The van der Waals surface area contributed by atoms with Crippen LogP contribution in [0.3, 0.4) is 0 Å². The molecule has 0 fully saturated rings. The van der Waals surface area contributed by atoms with Crippen LogP contribution >= 0.6 is 0 Å². The topological polar surface area (TPSA) is 57.0 Å². The number of hydrogen-bond acceptors (Lipinski definition) is 3. The average molecular weight is 241 g/mol. The Kier molecular flexibility index (Phi) is 2.45. The first kappa shape index (κ1) is 11.0. The van der Waals surface area contributed by atoms with Crippen molar-refractivity contribution in [1.29, 1.82) is 0 Å². The summed E-state index contributed by atoms with van der Waals surface area (Å²) >= 11 is 0. The van der Waals surface area contributed by atoms with Gasteiger partial charge >= 0.3 is 0 Å². The Morgan fingerprint density at radius 3 is 2.89 bits per heavy atom. The number of para-hydroxylation sites is 1. The highest BCUT2D eigenvalue weighted by atomic mass is 16.3. The maximum atomic E-state index is 6.17. The van der Waals surface area contributed by atoms with Crippen LogP contribution in [0, 0.1) is 6.92 Å². The average Bonchev–Trinajstić information content (AvgIpc) is 2.95. The van der Waals surface area contributed by atoms with E-state index in [0.29, 0.717) is 0 Å². The van der Waals surface area contributed by atoms with Crippen molar-refractivity contribution in [2.45, 2.75) is 13.0 Å². The minimum atomic E-state index is -0.321. The summed E-state index contributed by atoms with van der Waals surface area (Å²) in [5.74, 6) is 0.748. The lowest BCUT2D eigenvalue weighted by atomic mass is 10.1. The number of aromatic nitrogens is 2. The molecule has 1 aromatic carbocycles. The first-order chi connectivity index (χ1) is 8.65. The highest BCUT2D eigenvalue weighted by Crippen LogP contribution is 2.27. The standard InChI is InChI=1S/C14H15N3O/c1-9-4-3-5-10-6-12(18-14(9)10)13(15)11-7-17(2)8-16-11/h3-8,13H,15H2,1-2H3. The highest BCUT2D eigenvalue weighted by Gasteiger charge is 2.16. The molecule has 0 radical (unpaired) electrons. The molecule has 0 spiro atoms. The van der Waals surface area contributed by atoms with Gasteiger partial charge in [-0.05, 0) is 18.6 Å². The lowest BCUT2D eigenvalue weighted by Gasteiger charge is -2.04. The second-order valence-electron chi connectivity index (χ2n) is 4.58. The summed E-state index contributed by atoms with van der Waals surface area (Å²) in [6, 6.07) is 7.74. The van der Waals surface area contributed by atoms with Gasteiger partial charge in [-0.15, -0.1) is 0 Å². The van der Waals surface area contributed by atoms with Crippen LogP contribution in [0.5, 0.6) is 0 Å². The molecule has 1 unspecified atom stereocenters. The number of fused-ring (bicyclic) bond motifs is 1. The Hall–Kier alpha value is -2.07. The van der Waals surface area contributed by atoms with E-state index in [1.165, 1.54) is 0 Å². The zero-order chi connectivity index (χ0) is 12.7. The second kappa shape index (κ2) is 3.99. The smallest absolute Gasteiger partial charge is 0.137 e. The molecule has 0 aliphatic heterocycles. The van der Waals surface area contributed by atoms with Gasteiger partial charge in [0.05, 0.1) is 12.0 Å². The fourth-order valence-electron chi connectivity index (χ4n) is 2.12. The van der Waals surface area contributed by atoms with Crippen molar-refractivity contribution in [3.8, 4) is 0 Å². The molecule has 2 N–H and O–H groups in total. The molecule has 4 nitrogen and oxygen atoms in total. The van der Waals surface area contributed by atoms with Gasteiger partial charge in [0.1, 0.15) is 17.4 Å². The molecule has 3 rings (SSSR count). The number of nitrogens with zero attached hydrogens (tertiary/aromatic N) is 2. The molecule has 0 saturated heterocycles. The van der Waals surface area contributed by atoms with Crippen molar-refractivity contribution in [1.82, 2.24) is 9.55 Å². The minimum Gasteiger partial charge on any atom is -0.459 e. The van der Waals surface area contributed by atoms with Crippen LogP contribution in [-0.2, 0) is 7.05 Å². The van der Waals surface area contributed by atoms with Gasteiger partial charge in [0.2, 0.25) is 0 Å². The van der Waals surface area contributed by atoms with E-state index in [4.69, 9.17) is 10.2 Å². The summed E-state index contributed by atoms with van der Waals surface area (Å²) < 4.78 is 7.73. The Bertz CT molecular complexity index is 696. The molecule has 4 heteroatoms. The van der Waals surface area contributed by atoms with Gasteiger partial charge in [0.25, 0.3) is 0 Å². The normalized spacial score (nSPS) is 13.1. The van der Waals surface area contributed by atoms with E-state index in [1.807, 2.05) is 49.0 Å². The van der Waals surface area contributed by atoms with Crippen LogP contribution < -0.4 is 5.73 Å². The molecule has 92 valence electrons. The van der Waals surface area contributed by atoms with Crippen molar-refractivity contribution in [3.05, 3.63) is 53.8 Å². The van der Waals surface area contributed by atoms with Gasteiger partial charge < -0.3 is 14.7 Å². The van der Waals surface area contributed by atoms with Gasteiger partial charge in [-0.1, -0.05) is 18.2 Å². The van der Waals surface area contributed by atoms with Crippen molar-refractivity contribution >= 4 is 11.0 Å². The minimum absolute atomic E-state index is 0.321. The van der Waals surface area contributed by atoms with Crippen LogP contribution in [0.4, 0.5) is 0 Å². The number of hydrogen-bond donors (Lipinski definition) is 1. The van der Waals surface area contributed by atoms with Crippen LogP contribution in [0.2, 0.25) is 0 Å². The molecule has 0 saturated carbocycles. The summed E-state index contributed by atoms with van der Waals surface area (Å²) in [6.45, 7) is 2.03. The molecule has 2 heterocycles. The fourth-order valence-corrected chi connectivity index (χ4v) is 2.12. The van der Waals surface area contributed by atoms with Crippen LogP contribution in [0.15, 0.2) is 41.2 Å². The summed E-state index contributed by atoms with van der Waals surface area (Å²) in [5.41, 5.74) is 9.01. The molecular formula is C14H15N3O. The van der Waals surface area contributed by atoms with Gasteiger partial charge in [0.15, 0.2) is 0 Å². The Morgan fingerprint density at radius 2 is 2.22 bits per heavy atom. The monoisotopic (exact) mass is 241 g/mol. The van der Waals surface area contributed by atoms with E-state index in [-0.39, 0.29) is 6.04 Å². The van der Waals surface area contributed by atoms with Crippen LogP contribution in [0.25, 0.3) is 11.0 Å². The van der Waals surface area contributed by atoms with Gasteiger partial charge in [0, 0.05) is 18.6 Å². The number of benzene rings is 1. The number of furan rings is 1. The first-order valence-corrected chi connectivity index (χ1v) is 5.87. The summed E-state index contributed by atoms with van der Waals surface area (Å²) in [7, 11) is 1.92. The van der Waals surface area contributed by atoms with Crippen molar-refractivity contribution < 1.29 is 4.42 Å². The third-order valence-corrected chi connectivity index (χ3v) is 3.11. The molecule has 1 atom stereocenters. The van der Waals surface area contributed by atoms with Gasteiger partial charge in [-0.25, -0.2) is 4.98 Å². The van der Waals surface area contributed by atoms with E-state index < -0.39 is 0 Å². The Balaban J connectivity index is 2.06. The number of aryl methyl sites for hydroxylation is 2. The maximum absolute atomic E-state index is 6.17. The number of imidazole rings is 1. The summed E-state index contributed by atoms with van der Waals surface area (Å²) in [6.07, 6.45) is 3.65. The molecule has 3 aromatic rings. The van der Waals surface area contributed by atoms with Crippen molar-refractivity contribution in [2.75, 3.05) is 0 Å². The molecule has 0 bridgehead atoms. The van der Waals surface area contributed by atoms with Crippen molar-refractivity contribution in [2.24, 2.45) is 12.8 Å². The van der Waals surface area contributed by atoms with E-state index in [2.05, 4.69) is 4.98 Å². The van der Waals surface area contributed by atoms with Crippen LogP contribution in [-0.4, -0.2) is 9.55 Å². The van der Waals surface area contributed by atoms with Crippen molar-refractivity contribution in [3.63, 3.8) is 0 Å². The number of rotatable bonds is 2. The van der Waals surface area contributed by atoms with Gasteiger partial charge in [-0.2, -0.15) is 0 Å². The van der Waals surface area contributed by atoms with E-state index >= 15 is 0 Å². The van der Waals surface area contributed by atoms with Gasteiger partial charge in [-0.3, -0.25) is 0 Å². The first-order valence-electron chi connectivity index (χ1n) is 5.87. The quantitative estimate of drug-likeness (QED) is 0.750. The molecule has 0 aliphatic rings.